The van der Waals surface area contributed by atoms with E-state index in [-0.39, 0.29) is 0 Å². The predicted molar refractivity (Wildman–Crippen MR) is 100 cm³/mol. The first-order valence-corrected chi connectivity index (χ1v) is 9.13. The topological polar surface area (TPSA) is 37.3 Å². The number of nitrogens with one attached hydrogen (secondary N) is 1. The summed E-state index contributed by atoms with van der Waals surface area (Å²) in [5.74, 6) is 0.707. The van der Waals surface area contributed by atoms with E-state index in [0.717, 1.165) is 29.2 Å². The van der Waals surface area contributed by atoms with Crippen molar-refractivity contribution in [1.82, 2.24) is 4.98 Å². The third kappa shape index (κ3) is 4.20. The summed E-state index contributed by atoms with van der Waals surface area (Å²) in [6.45, 7) is 9.07. The van der Waals surface area contributed by atoms with E-state index >= 15 is 0 Å². The van der Waals surface area contributed by atoms with Gasteiger partial charge in [-0.1, -0.05) is 50.6 Å². The summed E-state index contributed by atoms with van der Waals surface area (Å²) < 4.78 is 0. The monoisotopic (exact) mass is 327 g/mol. The first-order chi connectivity index (χ1) is 10.9. The lowest BCUT2D eigenvalue weighted by Crippen LogP contribution is -2.28. The van der Waals surface area contributed by atoms with Crippen LogP contribution >= 0.6 is 11.3 Å². The molecule has 0 spiro atoms. The van der Waals surface area contributed by atoms with Gasteiger partial charge < -0.3 is 0 Å². The molecule has 1 aromatic carbocycles. The number of hydrazone groups is 1. The fraction of sp³-hybridized carbons (Fsp3) is 0.474. The van der Waals surface area contributed by atoms with Crippen LogP contribution in [-0.4, -0.2) is 10.7 Å². The highest BCUT2D eigenvalue weighted by molar-refractivity contribution is 7.14. The maximum absolute atomic E-state index is 4.65. The second-order valence-electron chi connectivity index (χ2n) is 7.55. The van der Waals surface area contributed by atoms with E-state index in [1.165, 1.54) is 17.7 Å². The van der Waals surface area contributed by atoms with Crippen molar-refractivity contribution in [2.24, 2.45) is 16.4 Å². The van der Waals surface area contributed by atoms with Gasteiger partial charge in [0.15, 0.2) is 0 Å². The van der Waals surface area contributed by atoms with Gasteiger partial charge in [0.25, 0.3) is 0 Å². The van der Waals surface area contributed by atoms with E-state index in [4.69, 9.17) is 0 Å². The number of benzene rings is 1. The van der Waals surface area contributed by atoms with E-state index in [9.17, 15) is 0 Å². The van der Waals surface area contributed by atoms with E-state index in [2.05, 4.69) is 72.9 Å². The Balaban J connectivity index is 1.69. The van der Waals surface area contributed by atoms with Gasteiger partial charge in [-0.2, -0.15) is 5.10 Å². The summed E-state index contributed by atoms with van der Waals surface area (Å²) in [5, 5.41) is 7.58. The van der Waals surface area contributed by atoms with Gasteiger partial charge in [0.1, 0.15) is 0 Å². The lowest BCUT2D eigenvalue weighted by atomic mass is 9.72. The van der Waals surface area contributed by atoms with Crippen molar-refractivity contribution in [2.45, 2.75) is 47.0 Å². The molecule has 4 heteroatoms. The quantitative estimate of drug-likeness (QED) is 0.731. The number of rotatable bonds is 3. The largest absolute Gasteiger partial charge is 0.253 e. The minimum atomic E-state index is 0.355. The molecule has 0 aliphatic heterocycles. The molecule has 122 valence electrons. The van der Waals surface area contributed by atoms with Crippen molar-refractivity contribution in [3.05, 3.63) is 35.2 Å². The van der Waals surface area contributed by atoms with Crippen LogP contribution in [0.1, 0.15) is 45.6 Å². The third-order valence-corrected chi connectivity index (χ3v) is 5.08. The normalized spacial score (nSPS) is 22.3. The second kappa shape index (κ2) is 6.44. The van der Waals surface area contributed by atoms with Crippen molar-refractivity contribution in [3.63, 3.8) is 0 Å². The number of aromatic nitrogens is 1. The van der Waals surface area contributed by atoms with Crippen LogP contribution in [0.5, 0.6) is 0 Å². The van der Waals surface area contributed by atoms with Gasteiger partial charge in [0.2, 0.25) is 5.13 Å². The standard InChI is InChI=1S/C19H25N3S/c1-13-5-7-15(8-6-13)17-12-23-18(20-17)22-21-16-9-14(2)10-19(3,4)11-16/h5-8,12,14H,9-11H2,1-4H3,(H,20,22)/b21-16-/t14-/m1/s1. The molecule has 23 heavy (non-hydrogen) atoms. The molecule has 1 aliphatic carbocycles. The first-order valence-electron chi connectivity index (χ1n) is 8.25. The highest BCUT2D eigenvalue weighted by atomic mass is 32.1. The average molecular weight is 327 g/mol. The lowest BCUT2D eigenvalue weighted by molar-refractivity contribution is 0.266. The van der Waals surface area contributed by atoms with Gasteiger partial charge in [-0.25, -0.2) is 4.98 Å². The Labute approximate surface area is 142 Å². The predicted octanol–water partition coefficient (Wildman–Crippen LogP) is 5.73. The van der Waals surface area contributed by atoms with Crippen molar-refractivity contribution < 1.29 is 0 Å². The Morgan fingerprint density at radius 2 is 2.00 bits per heavy atom. The molecular weight excluding hydrogens is 302 g/mol. The fourth-order valence-corrected chi connectivity index (χ4v) is 4.17. The van der Waals surface area contributed by atoms with Crippen molar-refractivity contribution in [2.75, 3.05) is 5.43 Å². The van der Waals surface area contributed by atoms with Crippen molar-refractivity contribution in [1.29, 1.82) is 0 Å². The van der Waals surface area contributed by atoms with Crippen LogP contribution in [0, 0.1) is 18.3 Å². The summed E-state index contributed by atoms with van der Waals surface area (Å²) in [5.41, 5.74) is 8.22. The zero-order valence-corrected chi connectivity index (χ0v) is 15.2. The maximum Gasteiger partial charge on any atom is 0.203 e. The number of hydrogen-bond acceptors (Lipinski definition) is 4. The molecule has 1 atom stereocenters. The van der Waals surface area contributed by atoms with E-state index < -0.39 is 0 Å². The molecule has 3 nitrogen and oxygen atoms in total. The maximum atomic E-state index is 4.65. The van der Waals surface area contributed by atoms with Crippen molar-refractivity contribution >= 4 is 22.2 Å². The Morgan fingerprint density at radius 1 is 1.26 bits per heavy atom. The van der Waals surface area contributed by atoms with E-state index in [1.54, 1.807) is 11.3 Å². The Kier molecular flexibility index (Phi) is 4.53. The van der Waals surface area contributed by atoms with Crippen LogP contribution < -0.4 is 5.43 Å². The van der Waals surface area contributed by atoms with Gasteiger partial charge >= 0.3 is 0 Å². The molecule has 0 unspecified atom stereocenters. The Bertz CT molecular complexity index is 698. The van der Waals surface area contributed by atoms with Gasteiger partial charge in [-0.05, 0) is 37.5 Å². The van der Waals surface area contributed by atoms with Crippen LogP contribution in [-0.2, 0) is 0 Å². The molecule has 1 fully saturated rings. The molecule has 3 rings (SSSR count). The highest BCUT2D eigenvalue weighted by Crippen LogP contribution is 2.37. The van der Waals surface area contributed by atoms with Crippen LogP contribution in [0.2, 0.25) is 0 Å². The number of thiazole rings is 1. The number of aryl methyl sites for hydroxylation is 1. The highest BCUT2D eigenvalue weighted by Gasteiger charge is 2.29. The summed E-state index contributed by atoms with van der Waals surface area (Å²) in [6, 6.07) is 8.47. The molecule has 0 saturated heterocycles. The fourth-order valence-electron chi connectivity index (χ4n) is 3.51. The molecule has 0 amide bonds. The SMILES string of the molecule is Cc1ccc(-c2csc(N/N=C3/C[C@@H](C)CC(C)(C)C3)n2)cc1. The molecule has 2 aromatic rings. The molecule has 1 N–H and O–H groups in total. The molecule has 0 radical (unpaired) electrons. The number of hydrogen-bond donors (Lipinski definition) is 1. The van der Waals surface area contributed by atoms with Gasteiger partial charge in [-0.15, -0.1) is 11.3 Å². The molecule has 1 aliphatic rings. The molecule has 1 saturated carbocycles. The lowest BCUT2D eigenvalue weighted by Gasteiger charge is -2.34. The van der Waals surface area contributed by atoms with Crippen LogP contribution in [0.4, 0.5) is 5.13 Å². The molecule has 1 heterocycles. The smallest absolute Gasteiger partial charge is 0.203 e. The second-order valence-corrected chi connectivity index (χ2v) is 8.41. The minimum Gasteiger partial charge on any atom is -0.253 e. The minimum absolute atomic E-state index is 0.355. The van der Waals surface area contributed by atoms with Gasteiger partial charge in [-0.3, -0.25) is 5.43 Å². The van der Waals surface area contributed by atoms with Crippen LogP contribution in [0.25, 0.3) is 11.3 Å². The summed E-state index contributed by atoms with van der Waals surface area (Å²) in [4.78, 5) is 4.65. The molecule has 0 bridgehead atoms. The average Bonchev–Trinajstić information content (AvgIpc) is 2.93. The van der Waals surface area contributed by atoms with Crippen LogP contribution in [0.3, 0.4) is 0 Å². The molecular formula is C19H25N3S. The number of anilines is 1. The van der Waals surface area contributed by atoms with E-state index in [0.29, 0.717) is 11.3 Å². The van der Waals surface area contributed by atoms with Gasteiger partial charge in [0, 0.05) is 16.7 Å². The summed E-state index contributed by atoms with van der Waals surface area (Å²) >= 11 is 1.61. The summed E-state index contributed by atoms with van der Waals surface area (Å²) in [6.07, 6.45) is 3.44. The van der Waals surface area contributed by atoms with E-state index in [1.807, 2.05) is 0 Å². The number of nitrogens with zero attached hydrogens (tertiary/aromatic N) is 2. The van der Waals surface area contributed by atoms with Gasteiger partial charge in [0.05, 0.1) is 5.69 Å². The zero-order valence-electron chi connectivity index (χ0n) is 14.4. The Morgan fingerprint density at radius 3 is 2.70 bits per heavy atom. The van der Waals surface area contributed by atoms with Crippen molar-refractivity contribution in [3.8, 4) is 11.3 Å². The third-order valence-electron chi connectivity index (χ3n) is 4.33. The molecule has 1 aromatic heterocycles. The first kappa shape index (κ1) is 16.2. The summed E-state index contributed by atoms with van der Waals surface area (Å²) in [7, 11) is 0. The Hall–Kier alpha value is -1.68. The zero-order chi connectivity index (χ0) is 16.4. The van der Waals surface area contributed by atoms with Crippen LogP contribution in [0.15, 0.2) is 34.7 Å².